The van der Waals surface area contributed by atoms with Crippen LogP contribution in [0.2, 0.25) is 5.02 Å². The van der Waals surface area contributed by atoms with Crippen molar-refractivity contribution >= 4 is 49.1 Å². The van der Waals surface area contributed by atoms with E-state index in [9.17, 15) is 13.2 Å². The molecule has 1 atom stereocenters. The van der Waals surface area contributed by atoms with Crippen molar-refractivity contribution < 1.29 is 13.2 Å². The highest BCUT2D eigenvalue weighted by atomic mass is 79.9. The maximum atomic E-state index is 12.9. The van der Waals surface area contributed by atoms with Crippen LogP contribution >= 0.6 is 27.5 Å². The second-order valence-corrected chi connectivity index (χ2v) is 9.36. The van der Waals surface area contributed by atoms with E-state index in [4.69, 9.17) is 11.6 Å². The molecule has 3 rings (SSSR count). The van der Waals surface area contributed by atoms with Crippen LogP contribution in [0.5, 0.6) is 0 Å². The first kappa shape index (κ1) is 19.4. The molecule has 2 aromatic carbocycles. The minimum atomic E-state index is -3.75. The van der Waals surface area contributed by atoms with Gasteiger partial charge in [-0.05, 0) is 67.8 Å². The fourth-order valence-corrected chi connectivity index (χ4v) is 5.01. The number of benzene rings is 2. The van der Waals surface area contributed by atoms with Gasteiger partial charge in [-0.1, -0.05) is 27.5 Å². The molecule has 0 aliphatic carbocycles. The molecule has 8 heteroatoms. The van der Waals surface area contributed by atoms with Gasteiger partial charge in [0.2, 0.25) is 15.9 Å². The summed E-state index contributed by atoms with van der Waals surface area (Å²) in [6, 6.07) is 10.7. The number of carbonyl (C=O) groups is 1. The van der Waals surface area contributed by atoms with Crippen LogP contribution in [-0.4, -0.2) is 31.2 Å². The lowest BCUT2D eigenvalue weighted by atomic mass is 10.2. The van der Waals surface area contributed by atoms with Crippen molar-refractivity contribution in [1.29, 1.82) is 0 Å². The average molecular weight is 458 g/mol. The Labute approximate surface area is 166 Å². The SMILES string of the molecule is Cc1cc(NC(=O)[C@H]2CCCN2S(=O)(=O)c2ccc(Cl)cc2)ccc1Br. The highest BCUT2D eigenvalue weighted by Gasteiger charge is 2.39. The molecule has 1 amide bonds. The summed E-state index contributed by atoms with van der Waals surface area (Å²) in [5.41, 5.74) is 1.63. The van der Waals surface area contributed by atoms with E-state index in [1.807, 2.05) is 19.1 Å². The number of nitrogens with one attached hydrogen (secondary N) is 1. The minimum Gasteiger partial charge on any atom is -0.325 e. The van der Waals surface area contributed by atoms with Crippen molar-refractivity contribution in [1.82, 2.24) is 4.31 Å². The van der Waals surface area contributed by atoms with Crippen LogP contribution in [0.4, 0.5) is 5.69 Å². The van der Waals surface area contributed by atoms with E-state index in [1.54, 1.807) is 6.07 Å². The number of rotatable bonds is 4. The van der Waals surface area contributed by atoms with E-state index in [2.05, 4.69) is 21.2 Å². The first-order valence-corrected chi connectivity index (χ1v) is 10.7. The quantitative estimate of drug-likeness (QED) is 0.748. The van der Waals surface area contributed by atoms with Gasteiger partial charge in [-0.15, -0.1) is 0 Å². The van der Waals surface area contributed by atoms with Crippen molar-refractivity contribution in [3.05, 3.63) is 57.5 Å². The molecule has 5 nitrogen and oxygen atoms in total. The van der Waals surface area contributed by atoms with Crippen LogP contribution in [0, 0.1) is 6.92 Å². The lowest BCUT2D eigenvalue weighted by Gasteiger charge is -2.23. The van der Waals surface area contributed by atoms with Gasteiger partial charge in [-0.2, -0.15) is 4.31 Å². The lowest BCUT2D eigenvalue weighted by molar-refractivity contribution is -0.119. The Hall–Kier alpha value is -1.41. The summed E-state index contributed by atoms with van der Waals surface area (Å²) >= 11 is 9.26. The van der Waals surface area contributed by atoms with Crippen LogP contribution in [0.1, 0.15) is 18.4 Å². The number of anilines is 1. The van der Waals surface area contributed by atoms with Crippen molar-refractivity contribution in [2.24, 2.45) is 0 Å². The third-order valence-electron chi connectivity index (χ3n) is 4.35. The molecule has 0 spiro atoms. The minimum absolute atomic E-state index is 0.140. The first-order valence-electron chi connectivity index (χ1n) is 8.13. The predicted molar refractivity (Wildman–Crippen MR) is 106 cm³/mol. The molecule has 1 fully saturated rings. The van der Waals surface area contributed by atoms with Crippen molar-refractivity contribution in [2.75, 3.05) is 11.9 Å². The predicted octanol–water partition coefficient (Wildman–Crippen LogP) is 4.20. The van der Waals surface area contributed by atoms with Crippen LogP contribution in [0.3, 0.4) is 0 Å². The Morgan fingerprint density at radius 1 is 1.23 bits per heavy atom. The molecule has 0 bridgehead atoms. The van der Waals surface area contributed by atoms with Gasteiger partial charge in [-0.3, -0.25) is 4.79 Å². The molecule has 138 valence electrons. The first-order chi connectivity index (χ1) is 12.3. The van der Waals surface area contributed by atoms with Gasteiger partial charge in [0.05, 0.1) is 4.90 Å². The Morgan fingerprint density at radius 3 is 2.58 bits per heavy atom. The largest absolute Gasteiger partial charge is 0.325 e. The summed E-state index contributed by atoms with van der Waals surface area (Å²) in [4.78, 5) is 12.8. The number of nitrogens with zero attached hydrogens (tertiary/aromatic N) is 1. The van der Waals surface area contributed by atoms with Gasteiger partial charge in [0.25, 0.3) is 0 Å². The van der Waals surface area contributed by atoms with Gasteiger partial charge in [0.15, 0.2) is 0 Å². The fourth-order valence-electron chi connectivity index (χ4n) is 2.98. The second kappa shape index (κ2) is 7.68. The molecule has 1 aliphatic rings. The topological polar surface area (TPSA) is 66.5 Å². The molecule has 26 heavy (non-hydrogen) atoms. The second-order valence-electron chi connectivity index (χ2n) is 6.18. The summed E-state index contributed by atoms with van der Waals surface area (Å²) in [7, 11) is -3.75. The van der Waals surface area contributed by atoms with Crippen molar-refractivity contribution in [3.63, 3.8) is 0 Å². The maximum absolute atomic E-state index is 12.9. The summed E-state index contributed by atoms with van der Waals surface area (Å²) in [6.45, 7) is 2.25. The molecular formula is C18H18BrClN2O3S. The lowest BCUT2D eigenvalue weighted by Crippen LogP contribution is -2.43. The molecule has 0 radical (unpaired) electrons. The zero-order valence-electron chi connectivity index (χ0n) is 14.1. The number of aryl methyl sites for hydroxylation is 1. The molecule has 2 aromatic rings. The zero-order chi connectivity index (χ0) is 18.9. The van der Waals surface area contributed by atoms with Crippen LogP contribution < -0.4 is 5.32 Å². The Bertz CT molecular complexity index is 932. The highest BCUT2D eigenvalue weighted by Crippen LogP contribution is 2.28. The fraction of sp³-hybridized carbons (Fsp3) is 0.278. The van der Waals surface area contributed by atoms with Gasteiger partial charge in [0, 0.05) is 21.7 Å². The summed E-state index contributed by atoms with van der Waals surface area (Å²) < 4.78 is 28.0. The summed E-state index contributed by atoms with van der Waals surface area (Å²) in [5, 5.41) is 3.29. The maximum Gasteiger partial charge on any atom is 0.243 e. The Balaban J connectivity index is 1.81. The number of carbonyl (C=O) groups excluding carboxylic acids is 1. The van der Waals surface area contributed by atoms with Crippen LogP contribution in [-0.2, 0) is 14.8 Å². The smallest absolute Gasteiger partial charge is 0.243 e. The molecule has 0 aromatic heterocycles. The van der Waals surface area contributed by atoms with Gasteiger partial charge < -0.3 is 5.32 Å². The number of hydrogen-bond donors (Lipinski definition) is 1. The third-order valence-corrected chi connectivity index (χ3v) is 7.42. The van der Waals surface area contributed by atoms with E-state index in [0.717, 1.165) is 10.0 Å². The Kier molecular flexibility index (Phi) is 5.72. The molecule has 1 saturated heterocycles. The normalized spacial score (nSPS) is 18.0. The van der Waals surface area contributed by atoms with Crippen molar-refractivity contribution in [2.45, 2.75) is 30.7 Å². The van der Waals surface area contributed by atoms with E-state index in [-0.39, 0.29) is 10.8 Å². The highest BCUT2D eigenvalue weighted by molar-refractivity contribution is 9.10. The molecule has 0 saturated carbocycles. The van der Waals surface area contributed by atoms with Crippen LogP contribution in [0.15, 0.2) is 51.8 Å². The zero-order valence-corrected chi connectivity index (χ0v) is 17.2. The van der Waals surface area contributed by atoms with Gasteiger partial charge in [-0.25, -0.2) is 8.42 Å². The third kappa shape index (κ3) is 3.96. The average Bonchev–Trinajstić information content (AvgIpc) is 3.09. The molecular weight excluding hydrogens is 440 g/mol. The van der Waals surface area contributed by atoms with Gasteiger partial charge in [0.1, 0.15) is 6.04 Å². The molecule has 1 heterocycles. The van der Waals surface area contributed by atoms with E-state index in [0.29, 0.717) is 30.1 Å². The summed E-state index contributed by atoms with van der Waals surface area (Å²) in [6.07, 6.45) is 1.14. The van der Waals surface area contributed by atoms with Crippen LogP contribution in [0.25, 0.3) is 0 Å². The van der Waals surface area contributed by atoms with Gasteiger partial charge >= 0.3 is 0 Å². The summed E-state index contributed by atoms with van der Waals surface area (Å²) in [5.74, 6) is -0.318. The number of sulfonamides is 1. The van der Waals surface area contributed by atoms with E-state index >= 15 is 0 Å². The van der Waals surface area contributed by atoms with E-state index < -0.39 is 16.1 Å². The monoisotopic (exact) mass is 456 g/mol. The molecule has 1 aliphatic heterocycles. The number of amides is 1. The standard InChI is InChI=1S/C18H18BrClN2O3S/c1-12-11-14(6-9-16(12)19)21-18(23)17-3-2-10-22(17)26(24,25)15-7-4-13(20)5-8-15/h4-9,11,17H,2-3,10H2,1H3,(H,21,23)/t17-/m1/s1. The number of halogens is 2. The Morgan fingerprint density at radius 2 is 1.92 bits per heavy atom. The van der Waals surface area contributed by atoms with Crippen molar-refractivity contribution in [3.8, 4) is 0 Å². The van der Waals surface area contributed by atoms with E-state index in [1.165, 1.54) is 28.6 Å². The number of hydrogen-bond acceptors (Lipinski definition) is 3. The molecule has 0 unspecified atom stereocenters. The molecule has 1 N–H and O–H groups in total.